The van der Waals surface area contributed by atoms with Crippen molar-refractivity contribution in [3.05, 3.63) is 182 Å². The largest absolute Gasteiger partial charge is 0.226 e. The summed E-state index contributed by atoms with van der Waals surface area (Å²) >= 11 is 3.49. The van der Waals surface area contributed by atoms with Crippen LogP contribution in [-0.4, -0.2) is 19.9 Å². The molecule has 11 aromatic rings. The molecule has 56 heavy (non-hydrogen) atoms. The predicted octanol–water partition coefficient (Wildman–Crippen LogP) is 14.0. The molecule has 0 radical (unpaired) electrons. The third kappa shape index (κ3) is 5.66. The molecule has 6 heteroatoms. The lowest BCUT2D eigenvalue weighted by atomic mass is 10.0. The molecule has 0 spiro atoms. The van der Waals surface area contributed by atoms with Crippen molar-refractivity contribution >= 4 is 63.3 Å². The van der Waals surface area contributed by atoms with E-state index in [1.165, 1.54) is 20.5 Å². The molecule has 0 bridgehead atoms. The molecule has 0 fully saturated rings. The highest BCUT2D eigenvalue weighted by atomic mass is 32.1. The smallest absolute Gasteiger partial charge is 0.160 e. The van der Waals surface area contributed by atoms with Crippen LogP contribution in [0.1, 0.15) is 0 Å². The Hall–Kier alpha value is -6.86. The Morgan fingerprint density at radius 3 is 1.00 bits per heavy atom. The average molecular weight is 751 g/mol. The van der Waals surface area contributed by atoms with Crippen molar-refractivity contribution in [2.75, 3.05) is 0 Å². The first-order valence-electron chi connectivity index (χ1n) is 18.5. The van der Waals surface area contributed by atoms with E-state index in [1.54, 1.807) is 22.7 Å². The van der Waals surface area contributed by atoms with Crippen LogP contribution >= 0.6 is 22.7 Å². The molecule has 262 valence electrons. The summed E-state index contributed by atoms with van der Waals surface area (Å²) in [5.41, 5.74) is 12.6. The molecule has 0 unspecified atom stereocenters. The van der Waals surface area contributed by atoms with E-state index in [0.29, 0.717) is 11.6 Å². The fraction of sp³-hybridized carbons (Fsp3) is 0. The topological polar surface area (TPSA) is 51.6 Å². The van der Waals surface area contributed by atoms with Crippen molar-refractivity contribution in [1.82, 2.24) is 19.9 Å². The Balaban J connectivity index is 1.03. The van der Waals surface area contributed by atoms with Gasteiger partial charge in [-0.15, -0.1) is 22.7 Å². The van der Waals surface area contributed by atoms with Gasteiger partial charge in [0, 0.05) is 42.4 Å². The quantitative estimate of drug-likeness (QED) is 0.170. The lowest BCUT2D eigenvalue weighted by molar-refractivity contribution is 1.23. The minimum absolute atomic E-state index is 0.713. The fourth-order valence-corrected chi connectivity index (χ4v) is 9.81. The van der Waals surface area contributed by atoms with E-state index in [1.807, 2.05) is 12.1 Å². The average Bonchev–Trinajstić information content (AvgIpc) is 3.85. The van der Waals surface area contributed by atoms with Crippen LogP contribution in [0, 0.1) is 0 Å². The molecular formula is C50H30N4S2. The van der Waals surface area contributed by atoms with Gasteiger partial charge in [0.05, 0.1) is 31.8 Å². The van der Waals surface area contributed by atoms with Crippen LogP contribution in [0.15, 0.2) is 182 Å². The zero-order valence-corrected chi connectivity index (χ0v) is 31.6. The second-order valence-electron chi connectivity index (χ2n) is 13.8. The third-order valence-electron chi connectivity index (χ3n) is 10.4. The Labute approximate surface area is 331 Å². The van der Waals surface area contributed by atoms with Gasteiger partial charge in [0.2, 0.25) is 0 Å². The van der Waals surface area contributed by atoms with E-state index in [-0.39, 0.29) is 0 Å². The van der Waals surface area contributed by atoms with Crippen molar-refractivity contribution in [1.29, 1.82) is 0 Å². The zero-order chi connectivity index (χ0) is 37.0. The van der Waals surface area contributed by atoms with Gasteiger partial charge in [-0.25, -0.2) is 19.9 Å². The SMILES string of the molecule is c1ccc(-c2ccc(-c3nc(-c4ccc(-c5nc(-c6ccc(-c7ccccc7)cc6)nc6c5sc5ccccc56)cc4)c4sc5ccccc5c4n3)cc2)cc1. The number of thiophene rings is 2. The third-order valence-corrected chi connectivity index (χ3v) is 12.7. The van der Waals surface area contributed by atoms with Crippen LogP contribution in [-0.2, 0) is 0 Å². The van der Waals surface area contributed by atoms with Gasteiger partial charge in [-0.2, -0.15) is 0 Å². The molecule has 4 heterocycles. The minimum Gasteiger partial charge on any atom is -0.226 e. The number of hydrogen-bond acceptors (Lipinski definition) is 6. The molecule has 0 amide bonds. The molecular weight excluding hydrogens is 721 g/mol. The number of fused-ring (bicyclic) bond motifs is 6. The summed E-state index contributed by atoms with van der Waals surface area (Å²) < 4.78 is 4.56. The number of rotatable bonds is 6. The summed E-state index contributed by atoms with van der Waals surface area (Å²) in [6.07, 6.45) is 0. The molecule has 0 N–H and O–H groups in total. The molecule has 0 saturated carbocycles. The van der Waals surface area contributed by atoms with E-state index in [0.717, 1.165) is 76.0 Å². The summed E-state index contributed by atoms with van der Waals surface area (Å²) in [5, 5.41) is 2.29. The number of hydrogen-bond donors (Lipinski definition) is 0. The highest BCUT2D eigenvalue weighted by Gasteiger charge is 2.19. The van der Waals surface area contributed by atoms with Gasteiger partial charge in [0.15, 0.2) is 11.6 Å². The van der Waals surface area contributed by atoms with Crippen LogP contribution in [0.4, 0.5) is 0 Å². The van der Waals surface area contributed by atoms with E-state index in [9.17, 15) is 0 Å². The van der Waals surface area contributed by atoms with Crippen LogP contribution in [0.2, 0.25) is 0 Å². The maximum atomic E-state index is 5.28. The van der Waals surface area contributed by atoms with Gasteiger partial charge in [-0.3, -0.25) is 0 Å². The van der Waals surface area contributed by atoms with Crippen molar-refractivity contribution in [3.63, 3.8) is 0 Å². The molecule has 11 rings (SSSR count). The summed E-state index contributed by atoms with van der Waals surface area (Å²) in [6.45, 7) is 0. The molecule has 4 nitrogen and oxygen atoms in total. The molecule has 0 aliphatic heterocycles. The lowest BCUT2D eigenvalue weighted by Gasteiger charge is -2.10. The van der Waals surface area contributed by atoms with Crippen molar-refractivity contribution < 1.29 is 0 Å². The molecule has 4 aromatic heterocycles. The van der Waals surface area contributed by atoms with E-state index in [2.05, 4.69) is 170 Å². The van der Waals surface area contributed by atoms with Crippen LogP contribution in [0.5, 0.6) is 0 Å². The molecule has 7 aromatic carbocycles. The van der Waals surface area contributed by atoms with Crippen molar-refractivity contribution in [2.45, 2.75) is 0 Å². The van der Waals surface area contributed by atoms with Crippen molar-refractivity contribution in [2.24, 2.45) is 0 Å². The van der Waals surface area contributed by atoms with Crippen LogP contribution in [0.25, 0.3) is 108 Å². The predicted molar refractivity (Wildman–Crippen MR) is 236 cm³/mol. The fourth-order valence-electron chi connectivity index (χ4n) is 7.50. The van der Waals surface area contributed by atoms with E-state index in [4.69, 9.17) is 19.9 Å². The molecule has 0 saturated heterocycles. The minimum atomic E-state index is 0.713. The molecule has 0 atom stereocenters. The molecule has 0 aliphatic carbocycles. The first kappa shape index (κ1) is 32.6. The van der Waals surface area contributed by atoms with Gasteiger partial charge in [0.25, 0.3) is 0 Å². The Morgan fingerprint density at radius 2 is 0.589 bits per heavy atom. The van der Waals surface area contributed by atoms with Crippen molar-refractivity contribution in [3.8, 4) is 67.5 Å². The normalized spacial score (nSPS) is 11.6. The van der Waals surface area contributed by atoms with Gasteiger partial charge < -0.3 is 0 Å². The summed E-state index contributed by atoms with van der Waals surface area (Å²) in [5.74, 6) is 1.43. The Kier molecular flexibility index (Phi) is 7.83. The van der Waals surface area contributed by atoms with Gasteiger partial charge in [-0.05, 0) is 34.4 Å². The van der Waals surface area contributed by atoms with Crippen LogP contribution < -0.4 is 0 Å². The summed E-state index contributed by atoms with van der Waals surface area (Å²) in [7, 11) is 0. The second kappa shape index (κ2) is 13.5. The lowest BCUT2D eigenvalue weighted by Crippen LogP contribution is -1.95. The van der Waals surface area contributed by atoms with Gasteiger partial charge in [0.1, 0.15) is 0 Å². The highest BCUT2D eigenvalue weighted by molar-refractivity contribution is 7.26. The maximum Gasteiger partial charge on any atom is 0.160 e. The monoisotopic (exact) mass is 750 g/mol. The van der Waals surface area contributed by atoms with E-state index >= 15 is 0 Å². The molecule has 0 aliphatic rings. The van der Waals surface area contributed by atoms with Crippen LogP contribution in [0.3, 0.4) is 0 Å². The standard InChI is InChI=1S/C50H30N4S2/c1-3-11-31(12-4-1)33-19-27-37(28-20-33)49-51-43(47-45(53-49)39-15-7-9-17-41(39)55-47)35-23-25-36(26-24-35)44-48-46(40-16-8-10-18-42(40)56-48)54-50(52-44)38-29-21-34(22-30-38)32-13-5-2-6-14-32/h1-30H. The zero-order valence-electron chi connectivity index (χ0n) is 29.9. The summed E-state index contributed by atoms with van der Waals surface area (Å²) in [6, 6.07) is 63.7. The first-order valence-corrected chi connectivity index (χ1v) is 20.2. The first-order chi connectivity index (χ1) is 27.7. The number of benzene rings is 7. The summed E-state index contributed by atoms with van der Waals surface area (Å²) in [4.78, 5) is 20.9. The van der Waals surface area contributed by atoms with E-state index < -0.39 is 0 Å². The van der Waals surface area contributed by atoms with Gasteiger partial charge >= 0.3 is 0 Å². The maximum absolute atomic E-state index is 5.28. The second-order valence-corrected chi connectivity index (χ2v) is 15.9. The van der Waals surface area contributed by atoms with Gasteiger partial charge in [-0.1, -0.05) is 170 Å². The number of nitrogens with zero attached hydrogens (tertiary/aromatic N) is 4. The Bertz CT molecular complexity index is 2990. The highest BCUT2D eigenvalue weighted by Crippen LogP contribution is 2.42. The number of aromatic nitrogens is 4. The Morgan fingerprint density at radius 1 is 0.268 bits per heavy atom.